The molecule has 3 rings (SSSR count). The summed E-state index contributed by atoms with van der Waals surface area (Å²) in [6, 6.07) is 6.70. The first-order valence-electron chi connectivity index (χ1n) is 6.97. The zero-order chi connectivity index (χ0) is 12.5. The van der Waals surface area contributed by atoms with Crippen molar-refractivity contribution in [1.29, 1.82) is 0 Å². The van der Waals surface area contributed by atoms with Crippen LogP contribution >= 0.6 is 11.6 Å². The van der Waals surface area contributed by atoms with Gasteiger partial charge in [0.25, 0.3) is 0 Å². The minimum Gasteiger partial charge on any atom is -0.492 e. The maximum Gasteiger partial charge on any atom is 0.138 e. The maximum atomic E-state index is 6.22. The van der Waals surface area contributed by atoms with Crippen LogP contribution < -0.4 is 10.1 Å². The molecule has 0 saturated heterocycles. The van der Waals surface area contributed by atoms with Gasteiger partial charge in [0.1, 0.15) is 5.75 Å². The Hall–Kier alpha value is -0.890. The molecule has 1 aromatic carbocycles. The number of benzene rings is 1. The summed E-state index contributed by atoms with van der Waals surface area (Å²) in [5.41, 5.74) is 1.13. The second kappa shape index (κ2) is 5.00. The molecular formula is C15H20ClNO. The van der Waals surface area contributed by atoms with Crippen LogP contribution in [0.25, 0.3) is 0 Å². The largest absolute Gasteiger partial charge is 0.492 e. The monoisotopic (exact) mass is 265 g/mol. The molecule has 0 radical (unpaired) electrons. The molecule has 98 valence electrons. The molecule has 1 N–H and O–H groups in total. The van der Waals surface area contributed by atoms with E-state index in [0.29, 0.717) is 17.7 Å². The highest BCUT2D eigenvalue weighted by atomic mass is 35.5. The lowest BCUT2D eigenvalue weighted by molar-refractivity contribution is 0.340. The Bertz CT molecular complexity index is 415. The number of halogens is 1. The highest BCUT2D eigenvalue weighted by molar-refractivity contribution is 6.32. The quantitative estimate of drug-likeness (QED) is 0.826. The smallest absolute Gasteiger partial charge is 0.138 e. The maximum absolute atomic E-state index is 6.22. The topological polar surface area (TPSA) is 21.3 Å². The third-order valence-corrected chi connectivity index (χ3v) is 4.12. The van der Waals surface area contributed by atoms with E-state index in [4.69, 9.17) is 16.3 Å². The van der Waals surface area contributed by atoms with Crippen LogP contribution in [-0.2, 0) is 0 Å². The molecule has 2 aliphatic rings. The van der Waals surface area contributed by atoms with Crippen molar-refractivity contribution >= 4 is 17.3 Å². The first-order chi connectivity index (χ1) is 8.78. The summed E-state index contributed by atoms with van der Waals surface area (Å²) in [6.07, 6.45) is 5.55. The number of hydrogen-bond acceptors (Lipinski definition) is 2. The molecule has 0 heterocycles. The number of rotatable bonds is 6. The SMILES string of the molecule is CCOc1ccc(NC(C2CC2)C2CC2)cc1Cl. The number of hydrogen-bond donors (Lipinski definition) is 1. The predicted octanol–water partition coefficient (Wildman–Crippen LogP) is 4.34. The van der Waals surface area contributed by atoms with Gasteiger partial charge in [0.05, 0.1) is 11.6 Å². The van der Waals surface area contributed by atoms with Crippen molar-refractivity contribution in [1.82, 2.24) is 0 Å². The van der Waals surface area contributed by atoms with Crippen molar-refractivity contribution in [3.8, 4) is 5.75 Å². The van der Waals surface area contributed by atoms with Crippen LogP contribution in [0, 0.1) is 11.8 Å². The van der Waals surface area contributed by atoms with Gasteiger partial charge in [-0.15, -0.1) is 0 Å². The Labute approximate surface area is 114 Å². The van der Waals surface area contributed by atoms with E-state index in [-0.39, 0.29) is 0 Å². The average Bonchev–Trinajstić information content (AvgIpc) is 3.23. The molecule has 0 bridgehead atoms. The summed E-state index contributed by atoms with van der Waals surface area (Å²) in [7, 11) is 0. The molecule has 3 heteroatoms. The molecule has 2 fully saturated rings. The molecule has 1 aromatic rings. The van der Waals surface area contributed by atoms with Crippen molar-refractivity contribution in [2.75, 3.05) is 11.9 Å². The van der Waals surface area contributed by atoms with E-state index in [2.05, 4.69) is 11.4 Å². The van der Waals surface area contributed by atoms with Gasteiger partial charge >= 0.3 is 0 Å². The molecule has 2 aliphatic carbocycles. The van der Waals surface area contributed by atoms with E-state index in [9.17, 15) is 0 Å². The molecule has 2 saturated carbocycles. The summed E-state index contributed by atoms with van der Waals surface area (Å²) in [5.74, 6) is 2.56. The van der Waals surface area contributed by atoms with Gasteiger partial charge < -0.3 is 10.1 Å². The van der Waals surface area contributed by atoms with Gasteiger partial charge in [-0.05, 0) is 62.6 Å². The Kier molecular flexibility index (Phi) is 3.38. The summed E-state index contributed by atoms with van der Waals surface area (Å²) >= 11 is 6.22. The summed E-state index contributed by atoms with van der Waals surface area (Å²) in [5, 5.41) is 4.37. The van der Waals surface area contributed by atoms with Gasteiger partial charge in [-0.2, -0.15) is 0 Å². The fourth-order valence-corrected chi connectivity index (χ4v) is 2.82. The van der Waals surface area contributed by atoms with Crippen LogP contribution in [0.2, 0.25) is 5.02 Å². The second-order valence-corrected chi connectivity index (χ2v) is 5.83. The highest BCUT2D eigenvalue weighted by Gasteiger charge is 2.41. The van der Waals surface area contributed by atoms with E-state index >= 15 is 0 Å². The number of anilines is 1. The van der Waals surface area contributed by atoms with Crippen molar-refractivity contribution in [2.45, 2.75) is 38.6 Å². The standard InChI is InChI=1S/C15H20ClNO/c1-2-18-14-8-7-12(9-13(14)16)17-15(10-3-4-10)11-5-6-11/h7-11,15,17H,2-6H2,1H3. The fraction of sp³-hybridized carbons (Fsp3) is 0.600. The van der Waals surface area contributed by atoms with Crippen LogP contribution in [0.4, 0.5) is 5.69 Å². The van der Waals surface area contributed by atoms with Crippen molar-refractivity contribution in [3.05, 3.63) is 23.2 Å². The Morgan fingerprint density at radius 2 is 1.94 bits per heavy atom. The zero-order valence-corrected chi connectivity index (χ0v) is 11.5. The number of nitrogens with one attached hydrogen (secondary N) is 1. The van der Waals surface area contributed by atoms with Gasteiger partial charge in [0, 0.05) is 11.7 Å². The van der Waals surface area contributed by atoms with Crippen molar-refractivity contribution < 1.29 is 4.74 Å². The van der Waals surface area contributed by atoms with Gasteiger partial charge in [0.15, 0.2) is 0 Å². The third-order valence-electron chi connectivity index (χ3n) is 3.82. The van der Waals surface area contributed by atoms with Crippen LogP contribution in [0.5, 0.6) is 5.75 Å². The molecule has 0 aliphatic heterocycles. The Morgan fingerprint density at radius 3 is 2.44 bits per heavy atom. The van der Waals surface area contributed by atoms with Crippen LogP contribution in [0.1, 0.15) is 32.6 Å². The normalized spacial score (nSPS) is 19.1. The summed E-state index contributed by atoms with van der Waals surface area (Å²) in [4.78, 5) is 0. The minimum absolute atomic E-state index is 0.652. The second-order valence-electron chi connectivity index (χ2n) is 5.42. The van der Waals surface area contributed by atoms with Crippen molar-refractivity contribution in [2.24, 2.45) is 11.8 Å². The molecule has 0 aromatic heterocycles. The van der Waals surface area contributed by atoms with Gasteiger partial charge in [-0.25, -0.2) is 0 Å². The molecule has 2 nitrogen and oxygen atoms in total. The van der Waals surface area contributed by atoms with Gasteiger partial charge in [-0.3, -0.25) is 0 Å². The van der Waals surface area contributed by atoms with E-state index in [0.717, 1.165) is 23.3 Å². The Morgan fingerprint density at radius 1 is 1.28 bits per heavy atom. The molecular weight excluding hydrogens is 246 g/mol. The lowest BCUT2D eigenvalue weighted by Gasteiger charge is -2.19. The predicted molar refractivity (Wildman–Crippen MR) is 75.5 cm³/mol. The lowest BCUT2D eigenvalue weighted by Crippen LogP contribution is -2.24. The molecule has 0 spiro atoms. The molecule has 0 amide bonds. The molecule has 18 heavy (non-hydrogen) atoms. The van der Waals surface area contributed by atoms with Gasteiger partial charge in [-0.1, -0.05) is 11.6 Å². The lowest BCUT2D eigenvalue weighted by atomic mass is 10.1. The summed E-state index contributed by atoms with van der Waals surface area (Å²) in [6.45, 7) is 2.62. The molecule has 0 unspecified atom stereocenters. The van der Waals surface area contributed by atoms with Crippen molar-refractivity contribution in [3.63, 3.8) is 0 Å². The zero-order valence-electron chi connectivity index (χ0n) is 10.8. The van der Waals surface area contributed by atoms with Crippen LogP contribution in [0.15, 0.2) is 18.2 Å². The first kappa shape index (κ1) is 12.2. The molecule has 0 atom stereocenters. The van der Waals surface area contributed by atoms with Gasteiger partial charge in [0.2, 0.25) is 0 Å². The van der Waals surface area contributed by atoms with E-state index in [1.54, 1.807) is 0 Å². The number of ether oxygens (including phenoxy) is 1. The highest BCUT2D eigenvalue weighted by Crippen LogP contribution is 2.46. The van der Waals surface area contributed by atoms with E-state index < -0.39 is 0 Å². The summed E-state index contributed by atoms with van der Waals surface area (Å²) < 4.78 is 5.46. The van der Waals surface area contributed by atoms with Crippen LogP contribution in [-0.4, -0.2) is 12.6 Å². The third kappa shape index (κ3) is 2.74. The Balaban J connectivity index is 1.69. The van der Waals surface area contributed by atoms with E-state index in [1.807, 2.05) is 19.1 Å². The fourth-order valence-electron chi connectivity index (χ4n) is 2.59. The minimum atomic E-state index is 0.652. The first-order valence-corrected chi connectivity index (χ1v) is 7.34. The van der Waals surface area contributed by atoms with Crippen LogP contribution in [0.3, 0.4) is 0 Å². The van der Waals surface area contributed by atoms with E-state index in [1.165, 1.54) is 25.7 Å². The average molecular weight is 266 g/mol.